The molecule has 2 aromatic rings. The third-order valence-corrected chi connectivity index (χ3v) is 3.94. The van der Waals surface area contributed by atoms with E-state index in [1.54, 1.807) is 11.8 Å². The predicted octanol–water partition coefficient (Wildman–Crippen LogP) is 3.33. The van der Waals surface area contributed by atoms with E-state index in [1.807, 2.05) is 31.2 Å². The molecule has 0 aliphatic heterocycles. The molecular formula is C15H20N4S. The van der Waals surface area contributed by atoms with E-state index in [4.69, 9.17) is 0 Å². The molecule has 1 aromatic heterocycles. The number of H-pyrrole nitrogens is 1. The largest absolute Gasteiger partial charge is 0.333 e. The average molecular weight is 288 g/mol. The molecule has 1 aromatic carbocycles. The number of aromatic nitrogens is 2. The zero-order valence-electron chi connectivity index (χ0n) is 12.1. The lowest BCUT2D eigenvalue weighted by molar-refractivity contribution is 0.397. The first-order valence-electron chi connectivity index (χ1n) is 6.79. The number of imidazole rings is 1. The van der Waals surface area contributed by atoms with Crippen LogP contribution in [0.5, 0.6) is 0 Å². The minimum atomic E-state index is -0.479. The molecule has 5 heteroatoms. The second-order valence-electron chi connectivity index (χ2n) is 5.40. The van der Waals surface area contributed by atoms with Crippen molar-refractivity contribution >= 4 is 22.8 Å². The van der Waals surface area contributed by atoms with Crippen LogP contribution in [0.3, 0.4) is 0 Å². The lowest BCUT2D eigenvalue weighted by atomic mass is 10.0. The van der Waals surface area contributed by atoms with Gasteiger partial charge in [0.1, 0.15) is 5.54 Å². The van der Waals surface area contributed by atoms with Crippen molar-refractivity contribution < 1.29 is 0 Å². The van der Waals surface area contributed by atoms with Gasteiger partial charge < -0.3 is 4.98 Å². The van der Waals surface area contributed by atoms with Gasteiger partial charge in [-0.25, -0.2) is 4.98 Å². The number of rotatable bonds is 6. The van der Waals surface area contributed by atoms with Crippen LogP contribution < -0.4 is 5.32 Å². The number of aromatic amines is 1. The highest BCUT2D eigenvalue weighted by molar-refractivity contribution is 7.99. The standard InChI is InChI=1S/C15H20N4S/c1-11(2)19-15(3,10-16)8-9-20-14-17-12-6-4-5-7-13(12)18-14/h4-7,11,19H,8-9H2,1-3H3,(H,17,18). The van der Waals surface area contributed by atoms with Crippen LogP contribution in [0.15, 0.2) is 29.4 Å². The lowest BCUT2D eigenvalue weighted by Crippen LogP contribution is -2.45. The Morgan fingerprint density at radius 2 is 2.20 bits per heavy atom. The van der Waals surface area contributed by atoms with Crippen molar-refractivity contribution in [3.63, 3.8) is 0 Å². The smallest absolute Gasteiger partial charge is 0.166 e. The summed E-state index contributed by atoms with van der Waals surface area (Å²) in [7, 11) is 0. The normalized spacial score (nSPS) is 14.3. The van der Waals surface area contributed by atoms with E-state index < -0.39 is 5.54 Å². The summed E-state index contributed by atoms with van der Waals surface area (Å²) in [6, 6.07) is 10.7. The zero-order valence-corrected chi connectivity index (χ0v) is 12.9. The number of nitriles is 1. The van der Waals surface area contributed by atoms with Gasteiger partial charge in [-0.1, -0.05) is 23.9 Å². The summed E-state index contributed by atoms with van der Waals surface area (Å²) in [6.07, 6.45) is 0.781. The summed E-state index contributed by atoms with van der Waals surface area (Å²) in [5.74, 6) is 0.851. The van der Waals surface area contributed by atoms with E-state index in [1.165, 1.54) is 0 Å². The molecule has 1 atom stereocenters. The Bertz CT molecular complexity index is 581. The van der Waals surface area contributed by atoms with Crippen molar-refractivity contribution in [3.8, 4) is 6.07 Å². The van der Waals surface area contributed by atoms with Crippen LogP contribution in [0, 0.1) is 11.3 Å². The predicted molar refractivity (Wildman–Crippen MR) is 83.7 cm³/mol. The van der Waals surface area contributed by atoms with Crippen LogP contribution in [0.4, 0.5) is 0 Å². The van der Waals surface area contributed by atoms with Crippen LogP contribution in [0.25, 0.3) is 11.0 Å². The van der Waals surface area contributed by atoms with Crippen LogP contribution in [-0.2, 0) is 0 Å². The van der Waals surface area contributed by atoms with E-state index in [2.05, 4.69) is 35.2 Å². The molecule has 0 saturated heterocycles. The second-order valence-corrected chi connectivity index (χ2v) is 6.48. The van der Waals surface area contributed by atoms with Gasteiger partial charge in [0, 0.05) is 11.8 Å². The van der Waals surface area contributed by atoms with Gasteiger partial charge in [0.15, 0.2) is 5.16 Å². The van der Waals surface area contributed by atoms with Crippen LogP contribution >= 0.6 is 11.8 Å². The maximum Gasteiger partial charge on any atom is 0.166 e. The number of fused-ring (bicyclic) bond motifs is 1. The fourth-order valence-electron chi connectivity index (χ4n) is 2.15. The minimum Gasteiger partial charge on any atom is -0.333 e. The molecule has 0 spiro atoms. The average Bonchev–Trinajstić information content (AvgIpc) is 2.80. The number of nitrogens with zero attached hydrogens (tertiary/aromatic N) is 2. The monoisotopic (exact) mass is 288 g/mol. The minimum absolute atomic E-state index is 0.302. The fraction of sp³-hybridized carbons (Fsp3) is 0.467. The number of hydrogen-bond donors (Lipinski definition) is 2. The molecule has 1 unspecified atom stereocenters. The van der Waals surface area contributed by atoms with Crippen molar-refractivity contribution in [2.75, 3.05) is 5.75 Å². The first-order valence-corrected chi connectivity index (χ1v) is 7.77. The van der Waals surface area contributed by atoms with Crippen molar-refractivity contribution in [2.24, 2.45) is 0 Å². The highest BCUT2D eigenvalue weighted by atomic mass is 32.2. The van der Waals surface area contributed by atoms with Gasteiger partial charge in [0.25, 0.3) is 0 Å². The molecule has 106 valence electrons. The summed E-state index contributed by atoms with van der Waals surface area (Å²) in [5.41, 5.74) is 1.56. The highest BCUT2D eigenvalue weighted by Gasteiger charge is 2.24. The fourth-order valence-corrected chi connectivity index (χ4v) is 3.20. The number of para-hydroxylation sites is 2. The van der Waals surface area contributed by atoms with Gasteiger partial charge in [-0.2, -0.15) is 5.26 Å². The molecule has 2 N–H and O–H groups in total. The van der Waals surface area contributed by atoms with E-state index in [9.17, 15) is 5.26 Å². The topological polar surface area (TPSA) is 64.5 Å². The van der Waals surface area contributed by atoms with Crippen LogP contribution in [0.2, 0.25) is 0 Å². The van der Waals surface area contributed by atoms with Gasteiger partial charge in [-0.3, -0.25) is 5.32 Å². The van der Waals surface area contributed by atoms with Crippen LogP contribution in [0.1, 0.15) is 27.2 Å². The lowest BCUT2D eigenvalue weighted by Gasteiger charge is -2.25. The Hall–Kier alpha value is -1.51. The molecular weight excluding hydrogens is 268 g/mol. The van der Waals surface area contributed by atoms with Crippen molar-refractivity contribution in [3.05, 3.63) is 24.3 Å². The molecule has 2 rings (SSSR count). The summed E-state index contributed by atoms with van der Waals surface area (Å²) in [4.78, 5) is 7.81. The number of benzene rings is 1. The molecule has 0 fully saturated rings. The van der Waals surface area contributed by atoms with Gasteiger partial charge in [0.2, 0.25) is 0 Å². The second kappa shape index (κ2) is 6.29. The summed E-state index contributed by atoms with van der Waals surface area (Å²) in [6.45, 7) is 6.07. The van der Waals surface area contributed by atoms with Crippen LogP contribution in [-0.4, -0.2) is 27.3 Å². The van der Waals surface area contributed by atoms with Crippen molar-refractivity contribution in [2.45, 2.75) is 43.9 Å². The van der Waals surface area contributed by atoms with Gasteiger partial charge >= 0.3 is 0 Å². The molecule has 4 nitrogen and oxygen atoms in total. The Kier molecular flexibility index (Phi) is 4.69. The first-order chi connectivity index (χ1) is 9.52. The number of nitrogens with one attached hydrogen (secondary N) is 2. The molecule has 0 aliphatic carbocycles. The quantitative estimate of drug-likeness (QED) is 0.800. The summed E-state index contributed by atoms with van der Waals surface area (Å²) < 4.78 is 0. The van der Waals surface area contributed by atoms with E-state index in [-0.39, 0.29) is 0 Å². The molecule has 0 saturated carbocycles. The summed E-state index contributed by atoms with van der Waals surface area (Å²) in [5, 5.41) is 13.5. The molecule has 20 heavy (non-hydrogen) atoms. The zero-order chi connectivity index (χ0) is 14.6. The number of hydrogen-bond acceptors (Lipinski definition) is 4. The Labute approximate surface area is 124 Å². The van der Waals surface area contributed by atoms with E-state index in [0.717, 1.165) is 28.4 Å². The molecule has 0 amide bonds. The molecule has 0 bridgehead atoms. The first kappa shape index (κ1) is 14.9. The van der Waals surface area contributed by atoms with E-state index in [0.29, 0.717) is 6.04 Å². The Balaban J connectivity index is 1.93. The third-order valence-electron chi connectivity index (χ3n) is 3.06. The Morgan fingerprint density at radius 1 is 1.45 bits per heavy atom. The molecule has 0 radical (unpaired) electrons. The maximum atomic E-state index is 9.30. The Morgan fingerprint density at radius 3 is 2.85 bits per heavy atom. The van der Waals surface area contributed by atoms with Crippen molar-refractivity contribution in [1.82, 2.24) is 15.3 Å². The van der Waals surface area contributed by atoms with E-state index >= 15 is 0 Å². The summed E-state index contributed by atoms with van der Waals surface area (Å²) >= 11 is 1.66. The van der Waals surface area contributed by atoms with Gasteiger partial charge in [-0.05, 0) is 39.3 Å². The number of thioether (sulfide) groups is 1. The molecule has 1 heterocycles. The van der Waals surface area contributed by atoms with Gasteiger partial charge in [-0.15, -0.1) is 0 Å². The van der Waals surface area contributed by atoms with Crippen molar-refractivity contribution in [1.29, 1.82) is 5.26 Å². The maximum absolute atomic E-state index is 9.30. The SMILES string of the molecule is CC(C)NC(C)(C#N)CCSc1nc2ccccc2[nH]1. The third kappa shape index (κ3) is 3.75. The van der Waals surface area contributed by atoms with Gasteiger partial charge in [0.05, 0.1) is 17.1 Å². The highest BCUT2D eigenvalue weighted by Crippen LogP contribution is 2.22. The molecule has 0 aliphatic rings.